The monoisotopic (exact) mass is 306 g/mol. The van der Waals surface area contributed by atoms with Crippen molar-refractivity contribution in [1.82, 2.24) is 9.78 Å². The molecule has 4 N–H and O–H groups in total. The van der Waals surface area contributed by atoms with Gasteiger partial charge in [0, 0.05) is 28.9 Å². The maximum absolute atomic E-state index is 10.9. The van der Waals surface area contributed by atoms with Gasteiger partial charge in [-0.25, -0.2) is 0 Å². The van der Waals surface area contributed by atoms with Crippen LogP contribution in [0, 0.1) is 0 Å². The van der Waals surface area contributed by atoms with Crippen LogP contribution in [0.5, 0.6) is 0 Å². The first-order valence-corrected chi connectivity index (χ1v) is 7.54. The summed E-state index contributed by atoms with van der Waals surface area (Å²) in [4.78, 5) is 11.9. The standard InChI is InChI=1S/C14H18N4O2S/c15-14(20)10-21-13-4-2-1-3-12(13)16-7-11-8-17-18(9-11)5-6-19/h1-4,8-9,16,19H,5-7,10H2,(H2,15,20). The molecular formula is C14H18N4O2S. The third-order valence-electron chi connectivity index (χ3n) is 2.76. The van der Waals surface area contributed by atoms with Gasteiger partial charge in [-0.1, -0.05) is 12.1 Å². The van der Waals surface area contributed by atoms with E-state index in [0.717, 1.165) is 16.1 Å². The second kappa shape index (κ2) is 7.70. The molecule has 2 aromatic rings. The lowest BCUT2D eigenvalue weighted by Crippen LogP contribution is -2.13. The van der Waals surface area contributed by atoms with Crippen molar-refractivity contribution >= 4 is 23.4 Å². The predicted octanol–water partition coefficient (Wildman–Crippen LogP) is 1.06. The molecule has 0 aliphatic rings. The number of amides is 1. The average molecular weight is 306 g/mol. The van der Waals surface area contributed by atoms with E-state index in [-0.39, 0.29) is 18.3 Å². The number of anilines is 1. The number of para-hydroxylation sites is 1. The Hall–Kier alpha value is -1.99. The van der Waals surface area contributed by atoms with Crippen molar-refractivity contribution in [2.45, 2.75) is 18.0 Å². The van der Waals surface area contributed by atoms with E-state index < -0.39 is 0 Å². The highest BCUT2D eigenvalue weighted by molar-refractivity contribution is 8.00. The van der Waals surface area contributed by atoms with Crippen LogP contribution in [0.2, 0.25) is 0 Å². The third-order valence-corrected chi connectivity index (χ3v) is 3.85. The number of rotatable bonds is 8. The van der Waals surface area contributed by atoms with Crippen LogP contribution in [0.4, 0.5) is 5.69 Å². The predicted molar refractivity (Wildman–Crippen MR) is 83.0 cm³/mol. The highest BCUT2D eigenvalue weighted by Crippen LogP contribution is 2.27. The largest absolute Gasteiger partial charge is 0.394 e. The Morgan fingerprint density at radius 2 is 2.24 bits per heavy atom. The molecule has 0 saturated carbocycles. The summed E-state index contributed by atoms with van der Waals surface area (Å²) >= 11 is 1.41. The molecule has 0 aliphatic carbocycles. The van der Waals surface area contributed by atoms with Crippen LogP contribution in [-0.2, 0) is 17.9 Å². The number of hydrogen-bond donors (Lipinski definition) is 3. The van der Waals surface area contributed by atoms with Gasteiger partial charge in [0.1, 0.15) is 0 Å². The number of aliphatic hydroxyl groups is 1. The first kappa shape index (κ1) is 15.4. The quantitative estimate of drug-likeness (QED) is 0.634. The van der Waals surface area contributed by atoms with E-state index in [1.54, 1.807) is 10.9 Å². The second-order valence-corrected chi connectivity index (χ2v) is 5.46. The van der Waals surface area contributed by atoms with E-state index in [1.165, 1.54) is 11.8 Å². The summed E-state index contributed by atoms with van der Waals surface area (Å²) in [5.74, 6) is -0.0762. The first-order chi connectivity index (χ1) is 10.2. The molecule has 1 amide bonds. The Labute approximate surface area is 127 Å². The smallest absolute Gasteiger partial charge is 0.227 e. The summed E-state index contributed by atoms with van der Waals surface area (Å²) in [6.45, 7) is 1.19. The zero-order valence-corrected chi connectivity index (χ0v) is 12.3. The molecule has 0 fully saturated rings. The zero-order chi connectivity index (χ0) is 15.1. The minimum atomic E-state index is -0.333. The first-order valence-electron chi connectivity index (χ1n) is 6.55. The molecule has 2 rings (SSSR count). The van der Waals surface area contributed by atoms with E-state index in [2.05, 4.69) is 10.4 Å². The van der Waals surface area contributed by atoms with Gasteiger partial charge in [0.2, 0.25) is 5.91 Å². The summed E-state index contributed by atoms with van der Waals surface area (Å²) in [5, 5.41) is 16.3. The van der Waals surface area contributed by atoms with E-state index in [1.807, 2.05) is 30.5 Å². The number of primary amides is 1. The summed E-state index contributed by atoms with van der Waals surface area (Å²) in [5.41, 5.74) is 7.16. The van der Waals surface area contributed by atoms with Gasteiger partial charge in [-0.2, -0.15) is 5.10 Å². The fraction of sp³-hybridized carbons (Fsp3) is 0.286. The number of hydrogen-bond acceptors (Lipinski definition) is 5. The van der Waals surface area contributed by atoms with Crippen molar-refractivity contribution in [3.8, 4) is 0 Å². The van der Waals surface area contributed by atoms with Crippen LogP contribution in [-0.4, -0.2) is 33.2 Å². The highest BCUT2D eigenvalue weighted by Gasteiger charge is 2.05. The number of thioether (sulfide) groups is 1. The normalized spacial score (nSPS) is 10.5. The van der Waals surface area contributed by atoms with Crippen LogP contribution in [0.1, 0.15) is 5.56 Å². The van der Waals surface area contributed by atoms with E-state index >= 15 is 0 Å². The number of nitrogens with one attached hydrogen (secondary N) is 1. The molecule has 0 saturated heterocycles. The summed E-state index contributed by atoms with van der Waals surface area (Å²) in [6.07, 6.45) is 3.66. The molecule has 0 atom stereocenters. The van der Waals surface area contributed by atoms with Crippen molar-refractivity contribution in [3.05, 3.63) is 42.2 Å². The zero-order valence-electron chi connectivity index (χ0n) is 11.5. The van der Waals surface area contributed by atoms with Crippen molar-refractivity contribution in [3.63, 3.8) is 0 Å². The number of aromatic nitrogens is 2. The third kappa shape index (κ3) is 4.80. The summed E-state index contributed by atoms with van der Waals surface area (Å²) < 4.78 is 1.70. The molecule has 1 heterocycles. The Bertz CT molecular complexity index is 600. The van der Waals surface area contributed by atoms with Gasteiger partial charge >= 0.3 is 0 Å². The molecular weight excluding hydrogens is 288 g/mol. The lowest BCUT2D eigenvalue weighted by atomic mass is 10.3. The molecule has 6 nitrogen and oxygen atoms in total. The van der Waals surface area contributed by atoms with Gasteiger partial charge in [0.05, 0.1) is 25.1 Å². The van der Waals surface area contributed by atoms with Crippen LogP contribution in [0.25, 0.3) is 0 Å². The molecule has 0 bridgehead atoms. The molecule has 0 spiro atoms. The molecule has 1 aromatic carbocycles. The number of nitrogens with zero attached hydrogens (tertiary/aromatic N) is 2. The lowest BCUT2D eigenvalue weighted by molar-refractivity contribution is -0.115. The van der Waals surface area contributed by atoms with Crippen LogP contribution in [0.3, 0.4) is 0 Å². The SMILES string of the molecule is NC(=O)CSc1ccccc1NCc1cnn(CCO)c1. The molecule has 0 unspecified atom stereocenters. The van der Waals surface area contributed by atoms with Gasteiger partial charge in [0.15, 0.2) is 0 Å². The second-order valence-electron chi connectivity index (χ2n) is 4.44. The minimum absolute atomic E-state index is 0.0706. The fourth-order valence-corrected chi connectivity index (χ4v) is 2.58. The van der Waals surface area contributed by atoms with Crippen LogP contribution < -0.4 is 11.1 Å². The van der Waals surface area contributed by atoms with E-state index in [4.69, 9.17) is 10.8 Å². The molecule has 21 heavy (non-hydrogen) atoms. The fourth-order valence-electron chi connectivity index (χ4n) is 1.81. The highest BCUT2D eigenvalue weighted by atomic mass is 32.2. The van der Waals surface area contributed by atoms with E-state index in [0.29, 0.717) is 13.1 Å². The Morgan fingerprint density at radius 1 is 1.43 bits per heavy atom. The molecule has 0 aliphatic heterocycles. The van der Waals surface area contributed by atoms with E-state index in [9.17, 15) is 4.79 Å². The Morgan fingerprint density at radius 3 is 3.00 bits per heavy atom. The van der Waals surface area contributed by atoms with Crippen LogP contribution in [0.15, 0.2) is 41.6 Å². The number of carbonyl (C=O) groups is 1. The minimum Gasteiger partial charge on any atom is -0.394 e. The van der Waals surface area contributed by atoms with Crippen LogP contribution >= 0.6 is 11.8 Å². The summed E-state index contributed by atoms with van der Waals surface area (Å²) in [7, 11) is 0. The number of carbonyl (C=O) groups excluding carboxylic acids is 1. The van der Waals surface area contributed by atoms with Gasteiger partial charge in [0.25, 0.3) is 0 Å². The van der Waals surface area contributed by atoms with Gasteiger partial charge in [-0.3, -0.25) is 9.48 Å². The van der Waals surface area contributed by atoms with Crippen molar-refractivity contribution in [1.29, 1.82) is 0 Å². The van der Waals surface area contributed by atoms with Crippen molar-refractivity contribution < 1.29 is 9.90 Å². The van der Waals surface area contributed by atoms with Gasteiger partial charge in [-0.15, -0.1) is 11.8 Å². The average Bonchev–Trinajstić information content (AvgIpc) is 2.92. The number of benzene rings is 1. The van der Waals surface area contributed by atoms with Crippen molar-refractivity contribution in [2.75, 3.05) is 17.7 Å². The maximum Gasteiger partial charge on any atom is 0.227 e. The van der Waals surface area contributed by atoms with Gasteiger partial charge in [-0.05, 0) is 12.1 Å². The van der Waals surface area contributed by atoms with Gasteiger partial charge < -0.3 is 16.2 Å². The Kier molecular flexibility index (Phi) is 5.65. The molecule has 112 valence electrons. The number of nitrogens with two attached hydrogens (primary N) is 1. The molecule has 7 heteroatoms. The maximum atomic E-state index is 10.9. The number of aliphatic hydroxyl groups excluding tert-OH is 1. The topological polar surface area (TPSA) is 93.2 Å². The molecule has 1 aromatic heterocycles. The summed E-state index contributed by atoms with van der Waals surface area (Å²) in [6, 6.07) is 7.77. The molecule has 0 radical (unpaired) electrons. The Balaban J connectivity index is 1.96. The lowest BCUT2D eigenvalue weighted by Gasteiger charge is -2.10. The van der Waals surface area contributed by atoms with Crippen molar-refractivity contribution in [2.24, 2.45) is 5.73 Å².